The number of carbonyl (C=O) groups is 5. The molecule has 0 aromatic carbocycles. The lowest BCUT2D eigenvalue weighted by atomic mass is 10.1. The topological polar surface area (TPSA) is 244 Å². The zero-order chi connectivity index (χ0) is 25.0. The number of guanidine groups is 1. The van der Waals surface area contributed by atoms with E-state index in [9.17, 15) is 29.1 Å². The Bertz CT molecular complexity index is 754. The van der Waals surface area contributed by atoms with E-state index in [2.05, 4.69) is 38.9 Å². The predicted molar refractivity (Wildman–Crippen MR) is 122 cm³/mol. The summed E-state index contributed by atoms with van der Waals surface area (Å²) in [6, 6.07) is -4.20. The number of nitrogens with zero attached hydrogens (tertiary/aromatic N) is 1. The summed E-state index contributed by atoms with van der Waals surface area (Å²) in [5.74, 6) is -4.45. The maximum Gasteiger partial charge on any atom is 0.326 e. The smallest absolute Gasteiger partial charge is 0.326 e. The first kappa shape index (κ1) is 28.0. The molecule has 33 heavy (non-hydrogen) atoms. The van der Waals surface area contributed by atoms with Crippen molar-refractivity contribution >= 4 is 48.2 Å². The second kappa shape index (κ2) is 14.2. The van der Waals surface area contributed by atoms with Crippen LogP contribution in [-0.2, 0) is 24.0 Å². The molecule has 0 radical (unpaired) electrons. The van der Waals surface area contributed by atoms with Crippen LogP contribution in [0.25, 0.3) is 0 Å². The summed E-state index contributed by atoms with van der Waals surface area (Å²) in [4.78, 5) is 64.0. The van der Waals surface area contributed by atoms with Crippen molar-refractivity contribution in [2.24, 2.45) is 22.2 Å². The van der Waals surface area contributed by atoms with E-state index >= 15 is 0 Å². The molecule has 4 amide bonds. The number of aliphatic imine (C=N–C) groups is 1. The zero-order valence-corrected chi connectivity index (χ0v) is 19.0. The molecule has 15 heteroatoms. The number of primary amides is 1. The SMILES string of the molecule is NC(=O)CC(NC(=O)C(CCCN=C(N)N)NC(=O)C(CS)NC(=O)C1CCCN1)C(=O)O. The van der Waals surface area contributed by atoms with E-state index in [-0.39, 0.29) is 37.0 Å². The Labute approximate surface area is 196 Å². The maximum atomic E-state index is 12.7. The highest BCUT2D eigenvalue weighted by Gasteiger charge is 2.31. The minimum absolute atomic E-state index is 0.0357. The maximum absolute atomic E-state index is 12.7. The molecule has 1 heterocycles. The number of hydrogen-bond donors (Lipinski definition) is 9. The fourth-order valence-electron chi connectivity index (χ4n) is 3.09. The molecule has 4 atom stereocenters. The van der Waals surface area contributed by atoms with Crippen molar-refractivity contribution in [3.63, 3.8) is 0 Å². The summed E-state index contributed by atoms with van der Waals surface area (Å²) in [7, 11) is 0. The second-order valence-corrected chi connectivity index (χ2v) is 7.84. The lowest BCUT2D eigenvalue weighted by molar-refractivity contribution is -0.143. The molecule has 14 nitrogen and oxygen atoms in total. The average molecular weight is 489 g/mol. The largest absolute Gasteiger partial charge is 0.480 e. The van der Waals surface area contributed by atoms with Crippen LogP contribution in [0.3, 0.4) is 0 Å². The average Bonchev–Trinajstić information content (AvgIpc) is 3.27. The first-order valence-electron chi connectivity index (χ1n) is 10.4. The van der Waals surface area contributed by atoms with E-state index in [1.165, 1.54) is 0 Å². The molecule has 0 aromatic rings. The van der Waals surface area contributed by atoms with Crippen LogP contribution in [0.1, 0.15) is 32.1 Å². The highest BCUT2D eigenvalue weighted by molar-refractivity contribution is 7.80. The Morgan fingerprint density at radius 1 is 1.03 bits per heavy atom. The highest BCUT2D eigenvalue weighted by atomic mass is 32.1. The van der Waals surface area contributed by atoms with Gasteiger partial charge in [-0.1, -0.05) is 0 Å². The number of carboxylic acid groups (broad SMARTS) is 1. The minimum Gasteiger partial charge on any atom is -0.480 e. The standard InChI is InChI=1S/C18H32N8O6S/c19-13(27)7-11(17(31)32)25-15(29)10(4-2-6-23-18(20)21)24-16(30)12(8-33)26-14(28)9-3-1-5-22-9/h9-12,22,33H,1-8H2,(H2,19,27)(H,24,30)(H,25,29)(H,26,28)(H,31,32)(H4,20,21,23). The van der Waals surface area contributed by atoms with Crippen LogP contribution in [-0.4, -0.2) is 83.7 Å². The Kier molecular flexibility index (Phi) is 12.0. The van der Waals surface area contributed by atoms with Gasteiger partial charge in [0.05, 0.1) is 12.5 Å². The number of carbonyl (C=O) groups excluding carboxylic acids is 4. The van der Waals surface area contributed by atoms with E-state index in [1.807, 2.05) is 0 Å². The molecule has 1 aliphatic rings. The van der Waals surface area contributed by atoms with Crippen molar-refractivity contribution in [2.75, 3.05) is 18.8 Å². The van der Waals surface area contributed by atoms with Gasteiger partial charge in [0.25, 0.3) is 0 Å². The number of amides is 4. The molecule has 0 aliphatic carbocycles. The molecule has 0 aromatic heterocycles. The highest BCUT2D eigenvalue weighted by Crippen LogP contribution is 2.06. The van der Waals surface area contributed by atoms with Gasteiger partial charge in [-0.25, -0.2) is 4.79 Å². The first-order valence-corrected chi connectivity index (χ1v) is 11.0. The summed E-state index contributed by atoms with van der Waals surface area (Å²) in [5.41, 5.74) is 15.6. The van der Waals surface area contributed by atoms with Crippen molar-refractivity contribution in [1.82, 2.24) is 21.3 Å². The molecule has 186 valence electrons. The Hall–Kier alpha value is -3.07. The molecule has 11 N–H and O–H groups in total. The van der Waals surface area contributed by atoms with Crippen LogP contribution < -0.4 is 38.5 Å². The monoisotopic (exact) mass is 488 g/mol. The summed E-state index contributed by atoms with van der Waals surface area (Å²) >= 11 is 4.10. The van der Waals surface area contributed by atoms with Gasteiger partial charge in [0.1, 0.15) is 18.1 Å². The van der Waals surface area contributed by atoms with Gasteiger partial charge in [-0.3, -0.25) is 24.2 Å². The lowest BCUT2D eigenvalue weighted by Gasteiger charge is -2.24. The molecule has 1 rings (SSSR count). The number of nitrogens with two attached hydrogens (primary N) is 3. The zero-order valence-electron chi connectivity index (χ0n) is 18.1. The summed E-state index contributed by atoms with van der Waals surface area (Å²) in [6.07, 6.45) is 1.17. The number of hydrogen-bond acceptors (Lipinski definition) is 8. The van der Waals surface area contributed by atoms with E-state index in [0.717, 1.165) is 6.42 Å². The third-order valence-corrected chi connectivity index (χ3v) is 5.16. The number of rotatable bonds is 14. The van der Waals surface area contributed by atoms with Gasteiger partial charge >= 0.3 is 5.97 Å². The quantitative estimate of drug-likeness (QED) is 0.0502. The van der Waals surface area contributed by atoms with Crippen molar-refractivity contribution in [3.8, 4) is 0 Å². The van der Waals surface area contributed by atoms with Crippen LogP contribution in [0.4, 0.5) is 0 Å². The molecule has 1 fully saturated rings. The molecular formula is C18H32N8O6S. The van der Waals surface area contributed by atoms with Crippen LogP contribution in [0.5, 0.6) is 0 Å². The van der Waals surface area contributed by atoms with Gasteiger partial charge in [0.15, 0.2) is 5.96 Å². The number of nitrogens with one attached hydrogen (secondary N) is 4. The molecule has 0 bridgehead atoms. The van der Waals surface area contributed by atoms with Crippen molar-refractivity contribution in [3.05, 3.63) is 0 Å². The van der Waals surface area contributed by atoms with Gasteiger partial charge in [0.2, 0.25) is 23.6 Å². The van der Waals surface area contributed by atoms with E-state index in [4.69, 9.17) is 17.2 Å². The third-order valence-electron chi connectivity index (χ3n) is 4.79. The predicted octanol–water partition coefficient (Wildman–Crippen LogP) is -3.86. The lowest BCUT2D eigenvalue weighted by Crippen LogP contribution is -2.57. The summed E-state index contributed by atoms with van der Waals surface area (Å²) in [6.45, 7) is 0.857. The van der Waals surface area contributed by atoms with Crippen molar-refractivity contribution in [1.29, 1.82) is 0 Å². The Morgan fingerprint density at radius 2 is 1.67 bits per heavy atom. The molecule has 1 saturated heterocycles. The summed E-state index contributed by atoms with van der Waals surface area (Å²) < 4.78 is 0. The molecule has 0 spiro atoms. The molecule has 4 unspecified atom stereocenters. The number of carboxylic acids is 1. The Balaban J connectivity index is 2.86. The van der Waals surface area contributed by atoms with Gasteiger partial charge < -0.3 is 43.6 Å². The fourth-order valence-corrected chi connectivity index (χ4v) is 3.35. The van der Waals surface area contributed by atoms with Gasteiger partial charge in [0, 0.05) is 12.3 Å². The molecule has 0 saturated carbocycles. The van der Waals surface area contributed by atoms with Gasteiger partial charge in [-0.2, -0.15) is 12.6 Å². The molecule has 1 aliphatic heterocycles. The van der Waals surface area contributed by atoms with Crippen molar-refractivity contribution < 1.29 is 29.1 Å². The van der Waals surface area contributed by atoms with E-state index in [0.29, 0.717) is 13.0 Å². The second-order valence-electron chi connectivity index (χ2n) is 7.47. The third kappa shape index (κ3) is 10.4. The number of aliphatic carboxylic acids is 1. The first-order chi connectivity index (χ1) is 15.5. The minimum atomic E-state index is -1.57. The molecular weight excluding hydrogens is 456 g/mol. The van der Waals surface area contributed by atoms with Crippen LogP contribution >= 0.6 is 12.6 Å². The Morgan fingerprint density at radius 3 is 2.18 bits per heavy atom. The van der Waals surface area contributed by atoms with Gasteiger partial charge in [-0.05, 0) is 32.2 Å². The normalized spacial score (nSPS) is 17.8. The van der Waals surface area contributed by atoms with Crippen LogP contribution in [0, 0.1) is 0 Å². The van der Waals surface area contributed by atoms with E-state index < -0.39 is 54.3 Å². The summed E-state index contributed by atoms with van der Waals surface area (Å²) in [5, 5.41) is 19.5. The number of thiol groups is 1. The van der Waals surface area contributed by atoms with Gasteiger partial charge in [-0.15, -0.1) is 0 Å². The van der Waals surface area contributed by atoms with E-state index in [1.54, 1.807) is 0 Å². The van der Waals surface area contributed by atoms with Crippen LogP contribution in [0.15, 0.2) is 4.99 Å². The van der Waals surface area contributed by atoms with Crippen LogP contribution in [0.2, 0.25) is 0 Å². The van der Waals surface area contributed by atoms with Crippen molar-refractivity contribution in [2.45, 2.75) is 56.3 Å². The fraction of sp³-hybridized carbons (Fsp3) is 0.667.